The van der Waals surface area contributed by atoms with Crippen LogP contribution in [0.15, 0.2) is 0 Å². The fraction of sp³-hybridized carbons (Fsp3) is 0.938. The van der Waals surface area contributed by atoms with Gasteiger partial charge in [0, 0.05) is 33.3 Å². The molecule has 22 heavy (non-hydrogen) atoms. The van der Waals surface area contributed by atoms with E-state index in [1.807, 2.05) is 0 Å². The molecule has 0 aromatic carbocycles. The third kappa shape index (κ3) is 4.65. The summed E-state index contributed by atoms with van der Waals surface area (Å²) in [4.78, 5) is 14.9. The van der Waals surface area contributed by atoms with E-state index in [4.69, 9.17) is 9.47 Å². The number of piperidine rings is 1. The Balaban J connectivity index is 1.80. The number of amides is 1. The molecule has 0 saturated carbocycles. The summed E-state index contributed by atoms with van der Waals surface area (Å²) in [6.07, 6.45) is 1.52. The highest BCUT2D eigenvalue weighted by atomic mass is 16.5. The molecule has 1 amide bonds. The number of morpholine rings is 1. The molecule has 2 aliphatic heterocycles. The lowest BCUT2D eigenvalue weighted by atomic mass is 9.91. The highest BCUT2D eigenvalue weighted by molar-refractivity contribution is 5.85. The molecule has 6 heteroatoms. The van der Waals surface area contributed by atoms with E-state index in [1.54, 1.807) is 7.11 Å². The molecule has 0 aromatic rings. The molecule has 0 aliphatic carbocycles. The van der Waals surface area contributed by atoms with E-state index >= 15 is 0 Å². The van der Waals surface area contributed by atoms with Crippen LogP contribution in [-0.2, 0) is 14.3 Å². The Hall–Kier alpha value is -0.690. The van der Waals surface area contributed by atoms with Crippen LogP contribution in [0, 0.1) is 5.92 Å². The molecule has 2 fully saturated rings. The number of rotatable bonds is 6. The number of hydrogen-bond acceptors (Lipinski definition) is 5. The minimum Gasteiger partial charge on any atom is -0.374 e. The van der Waals surface area contributed by atoms with Crippen molar-refractivity contribution >= 4 is 5.91 Å². The highest BCUT2D eigenvalue weighted by Crippen LogP contribution is 2.22. The standard InChI is InChI=1S/C16H31N3O3/c1-13(2)11-19-8-9-22-14(12-19)10-18-15(20)16(21-3)4-6-17-7-5-16/h13-14,17H,4-12H2,1-3H3,(H,18,20). The van der Waals surface area contributed by atoms with E-state index in [1.165, 1.54) is 0 Å². The normalized spacial score (nSPS) is 26.1. The zero-order chi connectivity index (χ0) is 16.0. The topological polar surface area (TPSA) is 62.8 Å². The fourth-order valence-electron chi connectivity index (χ4n) is 3.31. The quantitative estimate of drug-likeness (QED) is 0.735. The monoisotopic (exact) mass is 313 g/mol. The largest absolute Gasteiger partial charge is 0.374 e. The summed E-state index contributed by atoms with van der Waals surface area (Å²) in [6, 6.07) is 0. The van der Waals surface area contributed by atoms with Crippen LogP contribution >= 0.6 is 0 Å². The maximum Gasteiger partial charge on any atom is 0.252 e. The molecule has 2 heterocycles. The number of hydrogen-bond donors (Lipinski definition) is 2. The van der Waals surface area contributed by atoms with Crippen LogP contribution in [0.25, 0.3) is 0 Å². The number of nitrogens with one attached hydrogen (secondary N) is 2. The molecule has 128 valence electrons. The van der Waals surface area contributed by atoms with Crippen molar-refractivity contribution in [2.75, 3.05) is 53.0 Å². The third-order valence-corrected chi connectivity index (χ3v) is 4.55. The Kier molecular flexibility index (Phi) is 6.62. The van der Waals surface area contributed by atoms with Crippen molar-refractivity contribution in [3.8, 4) is 0 Å². The summed E-state index contributed by atoms with van der Waals surface area (Å²) in [7, 11) is 1.63. The van der Waals surface area contributed by atoms with E-state index in [2.05, 4.69) is 29.4 Å². The van der Waals surface area contributed by atoms with Gasteiger partial charge < -0.3 is 20.1 Å². The second-order valence-electron chi connectivity index (χ2n) is 6.80. The van der Waals surface area contributed by atoms with Crippen LogP contribution in [0.4, 0.5) is 0 Å². The van der Waals surface area contributed by atoms with Gasteiger partial charge in [-0.05, 0) is 31.8 Å². The van der Waals surface area contributed by atoms with Crippen LogP contribution in [0.3, 0.4) is 0 Å². The Morgan fingerprint density at radius 2 is 2.18 bits per heavy atom. The second-order valence-corrected chi connectivity index (χ2v) is 6.80. The van der Waals surface area contributed by atoms with Gasteiger partial charge in [0.2, 0.25) is 0 Å². The third-order valence-electron chi connectivity index (χ3n) is 4.55. The first-order valence-electron chi connectivity index (χ1n) is 8.44. The van der Waals surface area contributed by atoms with Gasteiger partial charge in [-0.3, -0.25) is 9.69 Å². The Labute approximate surface area is 133 Å². The highest BCUT2D eigenvalue weighted by Gasteiger charge is 2.39. The van der Waals surface area contributed by atoms with Crippen LogP contribution in [0.1, 0.15) is 26.7 Å². The molecule has 6 nitrogen and oxygen atoms in total. The van der Waals surface area contributed by atoms with Crippen LogP contribution in [0.5, 0.6) is 0 Å². The minimum atomic E-state index is -0.669. The van der Waals surface area contributed by atoms with E-state index in [0.717, 1.165) is 52.2 Å². The van der Waals surface area contributed by atoms with Crippen LogP contribution in [-0.4, -0.2) is 75.5 Å². The van der Waals surface area contributed by atoms with Gasteiger partial charge in [0.25, 0.3) is 5.91 Å². The molecule has 1 unspecified atom stereocenters. The molecule has 1 atom stereocenters. The van der Waals surface area contributed by atoms with Crippen molar-refractivity contribution in [2.45, 2.75) is 38.4 Å². The summed E-state index contributed by atoms with van der Waals surface area (Å²) in [5.41, 5.74) is -0.669. The van der Waals surface area contributed by atoms with Gasteiger partial charge in [-0.1, -0.05) is 13.8 Å². The first-order valence-corrected chi connectivity index (χ1v) is 8.44. The van der Waals surface area contributed by atoms with E-state index in [9.17, 15) is 4.79 Å². The minimum absolute atomic E-state index is 0.00100. The summed E-state index contributed by atoms with van der Waals surface area (Å²) >= 11 is 0. The summed E-state index contributed by atoms with van der Waals surface area (Å²) in [5.74, 6) is 0.654. The molecule has 2 saturated heterocycles. The van der Waals surface area contributed by atoms with Gasteiger partial charge in [-0.2, -0.15) is 0 Å². The van der Waals surface area contributed by atoms with Crippen molar-refractivity contribution in [3.05, 3.63) is 0 Å². The predicted octanol–water partition coefficient (Wildman–Crippen LogP) is 0.228. The lowest BCUT2D eigenvalue weighted by Crippen LogP contribution is -2.56. The van der Waals surface area contributed by atoms with Crippen LogP contribution < -0.4 is 10.6 Å². The number of methoxy groups -OCH3 is 1. The van der Waals surface area contributed by atoms with Crippen molar-refractivity contribution < 1.29 is 14.3 Å². The van der Waals surface area contributed by atoms with E-state index in [-0.39, 0.29) is 12.0 Å². The maximum absolute atomic E-state index is 12.5. The average molecular weight is 313 g/mol. The fourth-order valence-corrected chi connectivity index (χ4v) is 3.31. The molecule has 0 radical (unpaired) electrons. The van der Waals surface area contributed by atoms with Gasteiger partial charge in [0.15, 0.2) is 0 Å². The second kappa shape index (κ2) is 8.24. The molecular formula is C16H31N3O3. The zero-order valence-corrected chi connectivity index (χ0v) is 14.2. The molecule has 0 aromatic heterocycles. The van der Waals surface area contributed by atoms with Crippen molar-refractivity contribution in [2.24, 2.45) is 5.92 Å². The van der Waals surface area contributed by atoms with Crippen molar-refractivity contribution in [1.82, 2.24) is 15.5 Å². The molecule has 0 spiro atoms. The van der Waals surface area contributed by atoms with E-state index in [0.29, 0.717) is 12.5 Å². The number of carbonyl (C=O) groups is 1. The van der Waals surface area contributed by atoms with Crippen LogP contribution in [0.2, 0.25) is 0 Å². The van der Waals surface area contributed by atoms with Gasteiger partial charge >= 0.3 is 0 Å². The van der Waals surface area contributed by atoms with Gasteiger partial charge in [-0.15, -0.1) is 0 Å². The molecular weight excluding hydrogens is 282 g/mol. The first kappa shape index (κ1) is 17.7. The molecule has 2 aliphatic rings. The van der Waals surface area contributed by atoms with Gasteiger partial charge in [0.1, 0.15) is 5.60 Å². The Morgan fingerprint density at radius 1 is 1.45 bits per heavy atom. The smallest absolute Gasteiger partial charge is 0.252 e. The first-order chi connectivity index (χ1) is 10.6. The molecule has 2 N–H and O–H groups in total. The number of nitrogens with zero attached hydrogens (tertiary/aromatic N) is 1. The maximum atomic E-state index is 12.5. The number of carbonyl (C=O) groups excluding carboxylic acids is 1. The summed E-state index contributed by atoms with van der Waals surface area (Å²) in [5, 5.41) is 6.31. The zero-order valence-electron chi connectivity index (χ0n) is 14.2. The lowest BCUT2D eigenvalue weighted by molar-refractivity contribution is -0.147. The Morgan fingerprint density at radius 3 is 2.82 bits per heavy atom. The van der Waals surface area contributed by atoms with E-state index < -0.39 is 5.60 Å². The average Bonchev–Trinajstić information content (AvgIpc) is 2.53. The number of ether oxygens (including phenoxy) is 2. The van der Waals surface area contributed by atoms with Crippen molar-refractivity contribution in [1.29, 1.82) is 0 Å². The molecule has 0 bridgehead atoms. The SMILES string of the molecule is COC1(C(=O)NCC2CN(CC(C)C)CCO2)CCNCC1. The van der Waals surface area contributed by atoms with Crippen molar-refractivity contribution in [3.63, 3.8) is 0 Å². The van der Waals surface area contributed by atoms with Gasteiger partial charge in [0.05, 0.1) is 12.7 Å². The van der Waals surface area contributed by atoms with Gasteiger partial charge in [-0.25, -0.2) is 0 Å². The lowest BCUT2D eigenvalue weighted by Gasteiger charge is -2.37. The Bertz CT molecular complexity index is 357. The summed E-state index contributed by atoms with van der Waals surface area (Å²) in [6.45, 7) is 10.4. The summed E-state index contributed by atoms with van der Waals surface area (Å²) < 4.78 is 11.3. The molecule has 2 rings (SSSR count). The predicted molar refractivity (Wildman–Crippen MR) is 85.9 cm³/mol.